The maximum absolute atomic E-state index is 11.7. The molecule has 0 aliphatic rings. The highest BCUT2D eigenvalue weighted by molar-refractivity contribution is 5.94. The Bertz CT molecular complexity index is 506. The zero-order chi connectivity index (χ0) is 15.8. The number of benzene rings is 1. The smallest absolute Gasteiger partial charge is 0.330 e. The van der Waals surface area contributed by atoms with Crippen molar-refractivity contribution in [2.45, 2.75) is 25.8 Å². The monoisotopic (exact) mass is 291 g/mol. The number of carbonyl (C=O) groups is 2. The van der Waals surface area contributed by atoms with E-state index in [0.717, 1.165) is 5.56 Å². The fraction of sp³-hybridized carbons (Fsp3) is 0.375. The van der Waals surface area contributed by atoms with Crippen molar-refractivity contribution in [3.63, 3.8) is 0 Å². The fourth-order valence-corrected chi connectivity index (χ4v) is 1.71. The van der Waals surface area contributed by atoms with Crippen LogP contribution in [-0.2, 0) is 14.3 Å². The predicted octanol–water partition coefficient (Wildman–Crippen LogP) is 1.47. The summed E-state index contributed by atoms with van der Waals surface area (Å²) >= 11 is 0. The Labute approximate surface area is 124 Å². The molecule has 0 fully saturated rings. The lowest BCUT2D eigenvalue weighted by molar-refractivity contribution is -0.145. The van der Waals surface area contributed by atoms with Crippen molar-refractivity contribution >= 4 is 18.0 Å². The van der Waals surface area contributed by atoms with Crippen LogP contribution >= 0.6 is 0 Å². The number of esters is 1. The molecule has 21 heavy (non-hydrogen) atoms. The van der Waals surface area contributed by atoms with E-state index in [2.05, 4.69) is 23.9 Å². The van der Waals surface area contributed by atoms with Crippen molar-refractivity contribution in [2.75, 3.05) is 13.7 Å². The summed E-state index contributed by atoms with van der Waals surface area (Å²) < 4.78 is 4.46. The highest BCUT2D eigenvalue weighted by Crippen LogP contribution is 2.15. The van der Waals surface area contributed by atoms with Crippen molar-refractivity contribution < 1.29 is 19.4 Å². The number of rotatable bonds is 6. The minimum Gasteiger partial charge on any atom is -0.467 e. The molecule has 0 saturated heterocycles. The number of methoxy groups -OCH3 is 1. The Morgan fingerprint density at radius 2 is 1.90 bits per heavy atom. The standard InChI is InChI=1S/C16H21NO4/c1-11(2)13-7-4-12(5-8-13)6-9-15(19)17-14(10-18)16(20)21-3/h4-9,11,14,18H,10H2,1-3H3,(H,17,19)/b9-6+/t14-/m0/s1. The summed E-state index contributed by atoms with van der Waals surface area (Å²) in [6, 6.07) is 6.81. The number of hydrogen-bond acceptors (Lipinski definition) is 4. The zero-order valence-corrected chi connectivity index (χ0v) is 12.5. The van der Waals surface area contributed by atoms with Crippen LogP contribution in [0.2, 0.25) is 0 Å². The molecule has 0 spiro atoms. The first-order chi connectivity index (χ1) is 9.97. The molecule has 0 radical (unpaired) electrons. The van der Waals surface area contributed by atoms with Crippen LogP contribution in [0, 0.1) is 0 Å². The van der Waals surface area contributed by atoms with Gasteiger partial charge in [-0.3, -0.25) is 4.79 Å². The zero-order valence-electron chi connectivity index (χ0n) is 12.5. The van der Waals surface area contributed by atoms with Gasteiger partial charge in [-0.05, 0) is 23.1 Å². The van der Waals surface area contributed by atoms with Gasteiger partial charge in [0.05, 0.1) is 13.7 Å². The molecule has 0 aliphatic heterocycles. The number of nitrogens with one attached hydrogen (secondary N) is 1. The molecule has 5 heteroatoms. The van der Waals surface area contributed by atoms with E-state index in [0.29, 0.717) is 5.92 Å². The second-order valence-electron chi connectivity index (χ2n) is 4.92. The third-order valence-corrected chi connectivity index (χ3v) is 3.02. The number of amides is 1. The molecule has 0 aromatic heterocycles. The Morgan fingerprint density at radius 3 is 2.38 bits per heavy atom. The topological polar surface area (TPSA) is 75.6 Å². The van der Waals surface area contributed by atoms with E-state index in [1.165, 1.54) is 18.7 Å². The van der Waals surface area contributed by atoms with Crippen molar-refractivity contribution in [1.29, 1.82) is 0 Å². The van der Waals surface area contributed by atoms with Crippen LogP contribution in [0.25, 0.3) is 6.08 Å². The van der Waals surface area contributed by atoms with E-state index in [1.807, 2.05) is 24.3 Å². The van der Waals surface area contributed by atoms with E-state index in [4.69, 9.17) is 5.11 Å². The van der Waals surface area contributed by atoms with E-state index >= 15 is 0 Å². The average molecular weight is 291 g/mol. The summed E-state index contributed by atoms with van der Waals surface area (Å²) in [5, 5.41) is 11.4. The normalized spacial score (nSPS) is 12.4. The molecule has 1 rings (SSSR count). The highest BCUT2D eigenvalue weighted by atomic mass is 16.5. The quantitative estimate of drug-likeness (QED) is 0.615. The molecule has 0 unspecified atom stereocenters. The largest absolute Gasteiger partial charge is 0.467 e. The number of carbonyl (C=O) groups excluding carboxylic acids is 2. The Hall–Kier alpha value is -2.14. The van der Waals surface area contributed by atoms with Crippen molar-refractivity contribution in [3.8, 4) is 0 Å². The summed E-state index contributed by atoms with van der Waals surface area (Å²) in [5.74, 6) is -0.690. The van der Waals surface area contributed by atoms with Gasteiger partial charge in [0.15, 0.2) is 6.04 Å². The van der Waals surface area contributed by atoms with Gasteiger partial charge in [0.25, 0.3) is 0 Å². The van der Waals surface area contributed by atoms with Gasteiger partial charge < -0.3 is 15.2 Å². The first kappa shape index (κ1) is 16.9. The first-order valence-corrected chi connectivity index (χ1v) is 6.75. The summed E-state index contributed by atoms with van der Waals surface area (Å²) in [6.45, 7) is 3.72. The van der Waals surface area contributed by atoms with E-state index in [-0.39, 0.29) is 0 Å². The van der Waals surface area contributed by atoms with Gasteiger partial charge in [0.1, 0.15) is 0 Å². The average Bonchev–Trinajstić information content (AvgIpc) is 2.50. The van der Waals surface area contributed by atoms with Gasteiger partial charge in [-0.1, -0.05) is 38.1 Å². The van der Waals surface area contributed by atoms with Gasteiger partial charge in [0.2, 0.25) is 5.91 Å². The van der Waals surface area contributed by atoms with Gasteiger partial charge in [-0.15, -0.1) is 0 Å². The van der Waals surface area contributed by atoms with Crippen molar-refractivity contribution in [1.82, 2.24) is 5.32 Å². The third-order valence-electron chi connectivity index (χ3n) is 3.02. The first-order valence-electron chi connectivity index (χ1n) is 6.75. The maximum atomic E-state index is 11.7. The van der Waals surface area contributed by atoms with Gasteiger partial charge in [-0.25, -0.2) is 4.79 Å². The molecule has 0 heterocycles. The molecule has 1 amide bonds. The summed E-state index contributed by atoms with van der Waals surface area (Å²) in [6.07, 6.45) is 2.96. The lowest BCUT2D eigenvalue weighted by atomic mass is 10.0. The molecule has 1 atom stereocenters. The van der Waals surface area contributed by atoms with Crippen LogP contribution in [0.4, 0.5) is 0 Å². The Kier molecular flexibility index (Phi) is 6.62. The van der Waals surface area contributed by atoms with Crippen LogP contribution in [0.3, 0.4) is 0 Å². The van der Waals surface area contributed by atoms with E-state index in [9.17, 15) is 9.59 Å². The van der Waals surface area contributed by atoms with Gasteiger partial charge >= 0.3 is 5.97 Å². The number of aliphatic hydroxyl groups is 1. The van der Waals surface area contributed by atoms with Crippen LogP contribution in [-0.4, -0.2) is 36.7 Å². The highest BCUT2D eigenvalue weighted by Gasteiger charge is 2.18. The second kappa shape index (κ2) is 8.21. The number of ether oxygens (including phenoxy) is 1. The van der Waals surface area contributed by atoms with Crippen molar-refractivity contribution in [2.24, 2.45) is 0 Å². The third kappa shape index (κ3) is 5.39. The molecule has 5 nitrogen and oxygen atoms in total. The molecular formula is C16H21NO4. The van der Waals surface area contributed by atoms with Crippen LogP contribution in [0.5, 0.6) is 0 Å². The minimum absolute atomic E-state index is 0.455. The number of aliphatic hydroxyl groups excluding tert-OH is 1. The van der Waals surface area contributed by atoms with Crippen molar-refractivity contribution in [3.05, 3.63) is 41.5 Å². The molecule has 1 aromatic rings. The van der Waals surface area contributed by atoms with Gasteiger partial charge in [0, 0.05) is 6.08 Å². The molecule has 1 aromatic carbocycles. The van der Waals surface area contributed by atoms with Crippen LogP contribution in [0.1, 0.15) is 30.9 Å². The summed E-state index contributed by atoms with van der Waals surface area (Å²) in [5.41, 5.74) is 2.11. The lowest BCUT2D eigenvalue weighted by Crippen LogP contribution is -2.43. The van der Waals surface area contributed by atoms with Gasteiger partial charge in [-0.2, -0.15) is 0 Å². The summed E-state index contributed by atoms with van der Waals surface area (Å²) in [4.78, 5) is 22.9. The number of hydrogen-bond donors (Lipinski definition) is 2. The molecule has 0 aliphatic carbocycles. The second-order valence-corrected chi connectivity index (χ2v) is 4.92. The lowest BCUT2D eigenvalue weighted by Gasteiger charge is -2.12. The van der Waals surface area contributed by atoms with Crippen LogP contribution in [0.15, 0.2) is 30.3 Å². The molecular weight excluding hydrogens is 270 g/mol. The Morgan fingerprint density at radius 1 is 1.29 bits per heavy atom. The fourth-order valence-electron chi connectivity index (χ4n) is 1.71. The van der Waals surface area contributed by atoms with E-state index in [1.54, 1.807) is 6.08 Å². The minimum atomic E-state index is -1.05. The van der Waals surface area contributed by atoms with Crippen LogP contribution < -0.4 is 5.32 Å². The van der Waals surface area contributed by atoms with E-state index < -0.39 is 24.5 Å². The summed E-state index contributed by atoms with van der Waals surface area (Å²) in [7, 11) is 1.20. The predicted molar refractivity (Wildman–Crippen MR) is 80.6 cm³/mol. The molecule has 2 N–H and O–H groups in total. The molecule has 114 valence electrons. The maximum Gasteiger partial charge on any atom is 0.330 e. The SMILES string of the molecule is COC(=O)[C@H](CO)NC(=O)/C=C/c1ccc(C(C)C)cc1. The molecule has 0 saturated carbocycles. The Balaban J connectivity index is 2.63. The molecule has 0 bridgehead atoms.